The maximum absolute atomic E-state index is 12.0. The largest absolute Gasteiger partial charge is 0.444 e. The van der Waals surface area contributed by atoms with Crippen molar-refractivity contribution in [3.63, 3.8) is 0 Å². The van der Waals surface area contributed by atoms with E-state index in [4.69, 9.17) is 4.74 Å². The molecule has 1 aliphatic carbocycles. The molecular weight excluding hydrogens is 341 g/mol. The van der Waals surface area contributed by atoms with Crippen LogP contribution in [0.4, 0.5) is 4.79 Å². The van der Waals surface area contributed by atoms with Gasteiger partial charge in [-0.25, -0.2) is 4.79 Å². The van der Waals surface area contributed by atoms with Crippen LogP contribution in [0.3, 0.4) is 0 Å². The molecule has 1 saturated heterocycles. The highest BCUT2D eigenvalue weighted by atomic mass is 127. The number of halogens is 1. The first-order valence-corrected chi connectivity index (χ1v) is 7.64. The van der Waals surface area contributed by atoms with Gasteiger partial charge in [-0.05, 0) is 24.8 Å². The number of hydrogen-bond acceptors (Lipinski definition) is 2. The van der Waals surface area contributed by atoms with Gasteiger partial charge >= 0.3 is 6.09 Å². The first kappa shape index (κ1) is 12.3. The maximum atomic E-state index is 12.0. The van der Waals surface area contributed by atoms with E-state index in [0.29, 0.717) is 10.5 Å². The second-order valence-electron chi connectivity index (χ2n) is 5.01. The standard InChI is InChI=1S/C14H16INO2/c15-11-6-7-13-12(8-11)16(14(17)18-13)9-10-4-2-1-3-5-10/h1-5,11-13H,6-9H2/t11?,12-,13+/m1/s1. The monoisotopic (exact) mass is 357 g/mol. The zero-order valence-electron chi connectivity index (χ0n) is 10.1. The van der Waals surface area contributed by atoms with Gasteiger partial charge in [0.05, 0.1) is 6.04 Å². The summed E-state index contributed by atoms with van der Waals surface area (Å²) in [7, 11) is 0. The quantitative estimate of drug-likeness (QED) is 0.600. The molecule has 3 atom stereocenters. The zero-order chi connectivity index (χ0) is 12.5. The lowest BCUT2D eigenvalue weighted by atomic mass is 9.92. The Morgan fingerprint density at radius 1 is 1.28 bits per heavy atom. The molecule has 0 N–H and O–H groups in total. The predicted octanol–water partition coefficient (Wildman–Crippen LogP) is 3.36. The molecule has 0 spiro atoms. The molecule has 1 aliphatic heterocycles. The fourth-order valence-corrected chi connectivity index (χ4v) is 3.71. The van der Waals surface area contributed by atoms with Gasteiger partial charge in [-0.3, -0.25) is 4.90 Å². The van der Waals surface area contributed by atoms with Crippen molar-refractivity contribution in [2.24, 2.45) is 0 Å². The summed E-state index contributed by atoms with van der Waals surface area (Å²) in [5.41, 5.74) is 1.17. The summed E-state index contributed by atoms with van der Waals surface area (Å²) in [6, 6.07) is 10.4. The lowest BCUT2D eigenvalue weighted by molar-refractivity contribution is 0.115. The Balaban J connectivity index is 1.76. The van der Waals surface area contributed by atoms with Crippen LogP contribution in [-0.2, 0) is 11.3 Å². The number of carbonyl (C=O) groups is 1. The van der Waals surface area contributed by atoms with Gasteiger partial charge in [-0.1, -0.05) is 52.9 Å². The molecule has 3 nitrogen and oxygen atoms in total. The molecule has 4 heteroatoms. The van der Waals surface area contributed by atoms with Gasteiger partial charge in [-0.15, -0.1) is 0 Å². The third kappa shape index (κ3) is 2.35. The Morgan fingerprint density at radius 3 is 2.83 bits per heavy atom. The Labute approximate surface area is 121 Å². The number of hydrogen-bond donors (Lipinski definition) is 0. The highest BCUT2D eigenvalue weighted by Gasteiger charge is 2.44. The van der Waals surface area contributed by atoms with Gasteiger partial charge < -0.3 is 4.74 Å². The molecule has 18 heavy (non-hydrogen) atoms. The molecule has 1 aromatic carbocycles. The van der Waals surface area contributed by atoms with Crippen LogP contribution < -0.4 is 0 Å². The molecule has 1 unspecified atom stereocenters. The minimum atomic E-state index is -0.139. The molecule has 1 saturated carbocycles. The predicted molar refractivity (Wildman–Crippen MR) is 77.7 cm³/mol. The molecular formula is C14H16INO2. The van der Waals surface area contributed by atoms with Crippen LogP contribution in [-0.4, -0.2) is 27.1 Å². The summed E-state index contributed by atoms with van der Waals surface area (Å²) in [5.74, 6) is 0. The second kappa shape index (κ2) is 5.07. The van der Waals surface area contributed by atoms with Gasteiger partial charge in [0.1, 0.15) is 6.10 Å². The average Bonchev–Trinajstić information content (AvgIpc) is 2.67. The number of benzene rings is 1. The number of ether oxygens (including phenoxy) is 1. The molecule has 3 rings (SSSR count). The fraction of sp³-hybridized carbons (Fsp3) is 0.500. The van der Waals surface area contributed by atoms with Crippen LogP contribution in [0.2, 0.25) is 0 Å². The minimum Gasteiger partial charge on any atom is -0.444 e. The third-order valence-electron chi connectivity index (χ3n) is 3.77. The van der Waals surface area contributed by atoms with Crippen molar-refractivity contribution in [3.05, 3.63) is 35.9 Å². The van der Waals surface area contributed by atoms with E-state index < -0.39 is 0 Å². The summed E-state index contributed by atoms with van der Waals surface area (Å²) < 4.78 is 6.15. The lowest BCUT2D eigenvalue weighted by Gasteiger charge is -2.30. The molecule has 0 aromatic heterocycles. The van der Waals surface area contributed by atoms with Crippen molar-refractivity contribution < 1.29 is 9.53 Å². The first-order valence-electron chi connectivity index (χ1n) is 6.39. The zero-order valence-corrected chi connectivity index (χ0v) is 12.2. The molecule has 96 valence electrons. The van der Waals surface area contributed by atoms with E-state index in [1.54, 1.807) is 0 Å². The Bertz CT molecular complexity index is 437. The van der Waals surface area contributed by atoms with E-state index in [0.717, 1.165) is 19.3 Å². The van der Waals surface area contributed by atoms with Crippen molar-refractivity contribution >= 4 is 28.7 Å². The third-order valence-corrected chi connectivity index (χ3v) is 4.90. The van der Waals surface area contributed by atoms with Crippen LogP contribution >= 0.6 is 22.6 Å². The SMILES string of the molecule is O=C1O[C@H]2CCC(I)C[C@H]2N1Cc1ccccc1. The van der Waals surface area contributed by atoms with Gasteiger partial charge in [0.25, 0.3) is 0 Å². The highest BCUT2D eigenvalue weighted by molar-refractivity contribution is 14.1. The fourth-order valence-electron chi connectivity index (χ4n) is 2.83. The Kier molecular flexibility index (Phi) is 3.46. The van der Waals surface area contributed by atoms with Crippen LogP contribution in [0.5, 0.6) is 0 Å². The van der Waals surface area contributed by atoms with E-state index in [1.165, 1.54) is 5.56 Å². The van der Waals surface area contributed by atoms with E-state index in [-0.39, 0.29) is 18.2 Å². The first-order chi connectivity index (χ1) is 8.74. The van der Waals surface area contributed by atoms with E-state index in [1.807, 2.05) is 23.1 Å². The van der Waals surface area contributed by atoms with Gasteiger partial charge in [0, 0.05) is 10.5 Å². The number of carbonyl (C=O) groups excluding carboxylic acids is 1. The Morgan fingerprint density at radius 2 is 2.06 bits per heavy atom. The van der Waals surface area contributed by atoms with Crippen molar-refractivity contribution in [3.8, 4) is 0 Å². The van der Waals surface area contributed by atoms with Crippen LogP contribution in [0.15, 0.2) is 30.3 Å². The maximum Gasteiger partial charge on any atom is 0.410 e. The van der Waals surface area contributed by atoms with Gasteiger partial charge in [0.2, 0.25) is 0 Å². The molecule has 2 fully saturated rings. The number of amides is 1. The number of fused-ring (bicyclic) bond motifs is 1. The average molecular weight is 357 g/mol. The Hall–Kier alpha value is -0.780. The van der Waals surface area contributed by atoms with Crippen molar-refractivity contribution in [1.29, 1.82) is 0 Å². The topological polar surface area (TPSA) is 29.5 Å². The summed E-state index contributed by atoms with van der Waals surface area (Å²) >= 11 is 2.49. The molecule has 2 aliphatic rings. The van der Waals surface area contributed by atoms with E-state index >= 15 is 0 Å². The summed E-state index contributed by atoms with van der Waals surface area (Å²) in [4.78, 5) is 13.9. The minimum absolute atomic E-state index is 0.118. The summed E-state index contributed by atoms with van der Waals surface area (Å²) in [5, 5.41) is 0. The van der Waals surface area contributed by atoms with Crippen LogP contribution in [0, 0.1) is 0 Å². The number of nitrogens with zero attached hydrogens (tertiary/aromatic N) is 1. The van der Waals surface area contributed by atoms with E-state index in [2.05, 4.69) is 34.7 Å². The van der Waals surface area contributed by atoms with Crippen LogP contribution in [0.25, 0.3) is 0 Å². The van der Waals surface area contributed by atoms with Gasteiger partial charge in [-0.2, -0.15) is 0 Å². The smallest absolute Gasteiger partial charge is 0.410 e. The van der Waals surface area contributed by atoms with E-state index in [9.17, 15) is 4.79 Å². The summed E-state index contributed by atoms with van der Waals surface area (Å²) in [6.07, 6.45) is 3.21. The molecule has 1 heterocycles. The molecule has 0 radical (unpaired) electrons. The molecule has 0 bridgehead atoms. The van der Waals surface area contributed by atoms with Gasteiger partial charge in [0.15, 0.2) is 0 Å². The number of alkyl halides is 1. The van der Waals surface area contributed by atoms with Crippen molar-refractivity contribution in [2.75, 3.05) is 0 Å². The highest BCUT2D eigenvalue weighted by Crippen LogP contribution is 2.35. The van der Waals surface area contributed by atoms with Crippen molar-refractivity contribution in [1.82, 2.24) is 4.90 Å². The van der Waals surface area contributed by atoms with Crippen molar-refractivity contribution in [2.45, 2.75) is 41.9 Å². The normalized spacial score (nSPS) is 31.1. The number of rotatable bonds is 2. The summed E-state index contributed by atoms with van der Waals surface area (Å²) in [6.45, 7) is 0.671. The lowest BCUT2D eigenvalue weighted by Crippen LogP contribution is -2.40. The van der Waals surface area contributed by atoms with Crippen LogP contribution in [0.1, 0.15) is 24.8 Å². The second-order valence-corrected chi connectivity index (χ2v) is 6.77. The molecule has 1 aromatic rings. The molecule has 1 amide bonds.